The number of nitrogens with zero attached hydrogens (tertiary/aromatic N) is 2. The van der Waals surface area contributed by atoms with Crippen LogP contribution in [0.25, 0.3) is 0 Å². The number of para-hydroxylation sites is 1. The van der Waals surface area contributed by atoms with E-state index in [4.69, 9.17) is 4.42 Å². The summed E-state index contributed by atoms with van der Waals surface area (Å²) in [5.74, 6) is 0.822. The average molecular weight is 358 g/mol. The molecule has 0 spiro atoms. The van der Waals surface area contributed by atoms with Crippen LogP contribution in [0.3, 0.4) is 0 Å². The van der Waals surface area contributed by atoms with Gasteiger partial charge >= 0.3 is 0 Å². The zero-order valence-electron chi connectivity index (χ0n) is 13.5. The van der Waals surface area contributed by atoms with Gasteiger partial charge in [-0.15, -0.1) is 10.2 Å². The van der Waals surface area contributed by atoms with Crippen molar-refractivity contribution < 1.29 is 14.0 Å². The van der Waals surface area contributed by atoms with Gasteiger partial charge in [-0.1, -0.05) is 23.9 Å². The van der Waals surface area contributed by atoms with Gasteiger partial charge in [-0.2, -0.15) is 0 Å². The van der Waals surface area contributed by atoms with Crippen molar-refractivity contribution in [3.8, 4) is 0 Å². The molecule has 1 aromatic carbocycles. The van der Waals surface area contributed by atoms with E-state index in [0.717, 1.165) is 25.7 Å². The van der Waals surface area contributed by atoms with E-state index in [0.29, 0.717) is 28.3 Å². The molecular formula is C17H18N4O3S. The number of carbonyl (C=O) groups is 2. The second kappa shape index (κ2) is 6.87. The Hall–Kier alpha value is -2.35. The molecule has 0 saturated heterocycles. The van der Waals surface area contributed by atoms with Gasteiger partial charge < -0.3 is 15.1 Å². The van der Waals surface area contributed by atoms with Crippen molar-refractivity contribution in [1.29, 1.82) is 0 Å². The minimum absolute atomic E-state index is 0.144. The van der Waals surface area contributed by atoms with Gasteiger partial charge in [0.05, 0.1) is 17.0 Å². The third-order valence-electron chi connectivity index (χ3n) is 4.03. The molecule has 1 aromatic heterocycles. The Kier molecular flexibility index (Phi) is 4.44. The van der Waals surface area contributed by atoms with Crippen LogP contribution in [0, 0.1) is 0 Å². The first-order valence-electron chi connectivity index (χ1n) is 8.35. The summed E-state index contributed by atoms with van der Waals surface area (Å²) < 4.78 is 5.52. The lowest BCUT2D eigenvalue weighted by molar-refractivity contribution is -0.113. The lowest BCUT2D eigenvalue weighted by Crippen LogP contribution is -2.27. The van der Waals surface area contributed by atoms with Crippen molar-refractivity contribution in [1.82, 2.24) is 15.5 Å². The van der Waals surface area contributed by atoms with Crippen LogP contribution in [0.4, 0.5) is 5.69 Å². The first-order chi connectivity index (χ1) is 12.2. The number of nitrogens with one attached hydrogen (secondary N) is 2. The third kappa shape index (κ3) is 4.19. The molecule has 2 aromatic rings. The molecule has 1 heterocycles. The van der Waals surface area contributed by atoms with Crippen LogP contribution in [0.2, 0.25) is 0 Å². The van der Waals surface area contributed by atoms with Gasteiger partial charge in [0.15, 0.2) is 0 Å². The molecule has 0 aliphatic heterocycles. The summed E-state index contributed by atoms with van der Waals surface area (Å²) in [6, 6.07) is 7.27. The number of anilines is 1. The summed E-state index contributed by atoms with van der Waals surface area (Å²) in [7, 11) is 0. The summed E-state index contributed by atoms with van der Waals surface area (Å²) in [5.41, 5.74) is 0.983. The fraction of sp³-hybridized carbons (Fsp3) is 0.412. The van der Waals surface area contributed by atoms with Gasteiger partial charge in [-0.05, 0) is 37.8 Å². The molecule has 2 N–H and O–H groups in total. The Morgan fingerprint density at radius 2 is 1.96 bits per heavy atom. The molecule has 0 unspecified atom stereocenters. The first-order valence-corrected chi connectivity index (χ1v) is 9.33. The molecule has 0 radical (unpaired) electrons. The quantitative estimate of drug-likeness (QED) is 0.739. The summed E-state index contributed by atoms with van der Waals surface area (Å²) >= 11 is 1.20. The molecule has 2 aliphatic carbocycles. The SMILES string of the molecule is O=C(CSc1nnc(C2CC2)o1)Nc1ccccc1C(=O)NC1CC1. The van der Waals surface area contributed by atoms with Crippen LogP contribution in [0.5, 0.6) is 0 Å². The van der Waals surface area contributed by atoms with Gasteiger partial charge in [-0.3, -0.25) is 9.59 Å². The van der Waals surface area contributed by atoms with E-state index >= 15 is 0 Å². The van der Waals surface area contributed by atoms with Crippen LogP contribution in [-0.2, 0) is 4.79 Å². The normalized spacial score (nSPS) is 16.5. The largest absolute Gasteiger partial charge is 0.416 e. The van der Waals surface area contributed by atoms with Crippen molar-refractivity contribution in [2.24, 2.45) is 0 Å². The van der Waals surface area contributed by atoms with Crippen LogP contribution in [0.15, 0.2) is 33.9 Å². The summed E-state index contributed by atoms with van der Waals surface area (Å²) in [5, 5.41) is 14.1. The predicted molar refractivity (Wildman–Crippen MR) is 92.6 cm³/mol. The van der Waals surface area contributed by atoms with Gasteiger partial charge in [0, 0.05) is 12.0 Å². The number of aromatic nitrogens is 2. The molecular weight excluding hydrogens is 340 g/mol. The minimum atomic E-state index is -0.220. The van der Waals surface area contributed by atoms with Crippen LogP contribution in [0.1, 0.15) is 47.8 Å². The highest BCUT2D eigenvalue weighted by molar-refractivity contribution is 7.99. The second-order valence-corrected chi connectivity index (χ2v) is 7.24. The highest BCUT2D eigenvalue weighted by atomic mass is 32.2. The maximum atomic E-state index is 12.2. The topological polar surface area (TPSA) is 97.1 Å². The predicted octanol–water partition coefficient (Wildman–Crippen LogP) is 2.57. The highest BCUT2D eigenvalue weighted by Crippen LogP contribution is 2.39. The molecule has 7 nitrogen and oxygen atoms in total. The van der Waals surface area contributed by atoms with E-state index in [9.17, 15) is 9.59 Å². The number of amides is 2. The van der Waals surface area contributed by atoms with Gasteiger partial charge in [0.2, 0.25) is 11.8 Å². The molecule has 2 fully saturated rings. The van der Waals surface area contributed by atoms with E-state index in [1.54, 1.807) is 24.3 Å². The third-order valence-corrected chi connectivity index (χ3v) is 4.85. The van der Waals surface area contributed by atoms with E-state index in [1.807, 2.05) is 0 Å². The number of hydrogen-bond donors (Lipinski definition) is 2. The summed E-state index contributed by atoms with van der Waals surface area (Å²) in [6.07, 6.45) is 4.22. The van der Waals surface area contributed by atoms with Crippen LogP contribution < -0.4 is 10.6 Å². The molecule has 8 heteroatoms. The number of thioether (sulfide) groups is 1. The zero-order chi connectivity index (χ0) is 17.2. The van der Waals surface area contributed by atoms with Crippen molar-refractivity contribution in [3.05, 3.63) is 35.7 Å². The van der Waals surface area contributed by atoms with Crippen molar-refractivity contribution in [2.45, 2.75) is 42.9 Å². The number of carbonyl (C=O) groups excluding carboxylic acids is 2. The number of rotatable bonds is 7. The van der Waals surface area contributed by atoms with Crippen molar-refractivity contribution in [3.63, 3.8) is 0 Å². The Morgan fingerprint density at radius 1 is 1.16 bits per heavy atom. The van der Waals surface area contributed by atoms with E-state index in [1.165, 1.54) is 11.8 Å². The molecule has 0 atom stereocenters. The van der Waals surface area contributed by atoms with E-state index in [2.05, 4.69) is 20.8 Å². The zero-order valence-corrected chi connectivity index (χ0v) is 14.3. The number of hydrogen-bond acceptors (Lipinski definition) is 6. The van der Waals surface area contributed by atoms with Crippen molar-refractivity contribution in [2.75, 3.05) is 11.1 Å². The maximum Gasteiger partial charge on any atom is 0.277 e. The first kappa shape index (κ1) is 16.1. The molecule has 130 valence electrons. The minimum Gasteiger partial charge on any atom is -0.416 e. The van der Waals surface area contributed by atoms with Gasteiger partial charge in [0.25, 0.3) is 11.1 Å². The Labute approximate surface area is 149 Å². The lowest BCUT2D eigenvalue weighted by atomic mass is 10.1. The van der Waals surface area contributed by atoms with Crippen molar-refractivity contribution >= 4 is 29.3 Å². The van der Waals surface area contributed by atoms with Gasteiger partial charge in [-0.25, -0.2) is 0 Å². The highest BCUT2D eigenvalue weighted by Gasteiger charge is 2.29. The maximum absolute atomic E-state index is 12.2. The van der Waals surface area contributed by atoms with Crippen LogP contribution >= 0.6 is 11.8 Å². The fourth-order valence-electron chi connectivity index (χ4n) is 2.37. The van der Waals surface area contributed by atoms with E-state index < -0.39 is 0 Å². The fourth-order valence-corrected chi connectivity index (χ4v) is 2.94. The Bertz CT molecular complexity index is 799. The molecule has 2 saturated carbocycles. The van der Waals surface area contributed by atoms with Gasteiger partial charge in [0.1, 0.15) is 0 Å². The average Bonchev–Trinajstić information content (AvgIpc) is 3.54. The Morgan fingerprint density at radius 3 is 2.72 bits per heavy atom. The smallest absolute Gasteiger partial charge is 0.277 e. The monoisotopic (exact) mass is 358 g/mol. The molecule has 4 rings (SSSR count). The standard InChI is InChI=1S/C17H18N4O3S/c22-14(9-25-17-21-20-16(24-17)10-5-6-10)19-13-4-2-1-3-12(13)15(23)18-11-7-8-11/h1-4,10-11H,5-9H2,(H,18,23)(H,19,22). The summed E-state index contributed by atoms with van der Waals surface area (Å²) in [4.78, 5) is 24.4. The van der Waals surface area contributed by atoms with E-state index in [-0.39, 0.29) is 23.6 Å². The molecule has 2 amide bonds. The lowest BCUT2D eigenvalue weighted by Gasteiger charge is -2.10. The summed E-state index contributed by atoms with van der Waals surface area (Å²) in [6.45, 7) is 0. The molecule has 2 aliphatic rings. The molecule has 25 heavy (non-hydrogen) atoms. The Balaban J connectivity index is 1.34. The second-order valence-electron chi connectivity index (χ2n) is 6.31. The van der Waals surface area contributed by atoms with Crippen LogP contribution in [-0.4, -0.2) is 33.8 Å². The molecule has 0 bridgehead atoms. The number of benzene rings is 1.